The number of phenols is 1. The Morgan fingerprint density at radius 2 is 1.23 bits per heavy atom. The van der Waals surface area contributed by atoms with E-state index < -0.39 is 44.1 Å². The molecule has 0 saturated carbocycles. The van der Waals surface area contributed by atoms with Crippen LogP contribution in [0.25, 0.3) is 0 Å². The van der Waals surface area contributed by atoms with E-state index in [0.717, 1.165) is 19.2 Å². The number of esters is 2. The highest BCUT2D eigenvalue weighted by Gasteiger charge is 2.49. The molecule has 0 unspecified atom stereocenters. The van der Waals surface area contributed by atoms with E-state index in [1.807, 2.05) is 13.8 Å². The number of hydrogen-bond donors (Lipinski definition) is 1. The van der Waals surface area contributed by atoms with Gasteiger partial charge in [-0.25, -0.2) is 9.59 Å². The van der Waals surface area contributed by atoms with E-state index in [4.69, 9.17) is 0 Å². The van der Waals surface area contributed by atoms with Gasteiger partial charge in [-0.15, -0.1) is 13.2 Å². The topological polar surface area (TPSA) is 116 Å². The van der Waals surface area contributed by atoms with Gasteiger partial charge in [0.15, 0.2) is 0 Å². The fraction of sp³-hybridized carbons (Fsp3) is 0.333. The van der Waals surface area contributed by atoms with E-state index in [1.165, 1.54) is 31.4 Å². The van der Waals surface area contributed by atoms with E-state index >= 15 is 0 Å². The average molecular weight is 573 g/mol. The van der Waals surface area contributed by atoms with E-state index in [-0.39, 0.29) is 16.9 Å². The molecule has 0 spiro atoms. The largest absolute Gasteiger partial charge is 0.534 e. The second-order valence-corrected chi connectivity index (χ2v) is 10.8. The number of benzene rings is 2. The fourth-order valence-electron chi connectivity index (χ4n) is 3.03. The van der Waals surface area contributed by atoms with Gasteiger partial charge in [0.2, 0.25) is 0 Å². The molecule has 0 heterocycles. The first-order valence-corrected chi connectivity index (χ1v) is 12.6. The van der Waals surface area contributed by atoms with Crippen molar-refractivity contribution in [1.82, 2.24) is 0 Å². The van der Waals surface area contributed by atoms with Gasteiger partial charge in [-0.05, 0) is 36.4 Å². The van der Waals surface area contributed by atoms with Gasteiger partial charge in [-0.2, -0.15) is 21.6 Å². The minimum Gasteiger partial charge on any atom is -0.508 e. The summed E-state index contributed by atoms with van der Waals surface area (Å²) in [5, 5.41) is 9.76. The predicted molar refractivity (Wildman–Crippen MR) is 139 cm³/mol. The highest BCUT2D eigenvalue weighted by atomic mass is 32.2. The van der Waals surface area contributed by atoms with Gasteiger partial charge in [-0.1, -0.05) is 39.8 Å². The minimum absolute atomic E-state index is 0.0363. The number of carbonyl (C=O) groups is 2. The second kappa shape index (κ2) is 12.4. The number of allylic oxidation sites excluding steroid dienone is 2. The van der Waals surface area contributed by atoms with Crippen LogP contribution in [-0.4, -0.2) is 45.2 Å². The van der Waals surface area contributed by atoms with Gasteiger partial charge >= 0.3 is 27.6 Å². The maximum absolute atomic E-state index is 12.5. The lowest BCUT2D eigenvalue weighted by Crippen LogP contribution is -2.29. The van der Waals surface area contributed by atoms with E-state index in [9.17, 15) is 36.3 Å². The molecule has 0 aliphatic rings. The van der Waals surface area contributed by atoms with E-state index in [2.05, 4.69) is 26.8 Å². The summed E-state index contributed by atoms with van der Waals surface area (Å²) in [6.45, 7) is 14.2. The Hall–Kier alpha value is -3.80. The first-order chi connectivity index (χ1) is 17.8. The van der Waals surface area contributed by atoms with Crippen LogP contribution in [0.5, 0.6) is 11.5 Å². The molecule has 0 fully saturated rings. The molecular formula is C27H31F3O8S. The summed E-state index contributed by atoms with van der Waals surface area (Å²) >= 11 is 0. The van der Waals surface area contributed by atoms with Crippen molar-refractivity contribution in [3.8, 4) is 11.5 Å². The average Bonchev–Trinajstić information content (AvgIpc) is 2.87. The Labute approximate surface area is 225 Å². The lowest BCUT2D eigenvalue weighted by molar-refractivity contribution is -0.0500. The van der Waals surface area contributed by atoms with Crippen molar-refractivity contribution in [2.24, 2.45) is 0 Å². The number of hydrogen-bond acceptors (Lipinski definition) is 8. The molecule has 2 aromatic carbocycles. The Morgan fingerprint density at radius 3 is 1.64 bits per heavy atom. The van der Waals surface area contributed by atoms with Crippen LogP contribution in [0.2, 0.25) is 0 Å². The lowest BCUT2D eigenvalue weighted by atomic mass is 9.83. The molecule has 12 heteroatoms. The zero-order chi connectivity index (χ0) is 30.4. The number of alkyl halides is 3. The van der Waals surface area contributed by atoms with Crippen molar-refractivity contribution in [3.63, 3.8) is 0 Å². The summed E-state index contributed by atoms with van der Waals surface area (Å²) in [6.07, 6.45) is 3.11. The zero-order valence-corrected chi connectivity index (χ0v) is 23.2. The van der Waals surface area contributed by atoms with Crippen LogP contribution in [0.15, 0.2) is 61.7 Å². The molecule has 8 nitrogen and oxygen atoms in total. The first kappa shape index (κ1) is 33.2. The molecule has 1 N–H and O–H groups in total. The van der Waals surface area contributed by atoms with Crippen LogP contribution in [0.3, 0.4) is 0 Å². The highest BCUT2D eigenvalue weighted by Crippen LogP contribution is 2.37. The summed E-state index contributed by atoms with van der Waals surface area (Å²) in [7, 11) is -3.37. The molecule has 2 rings (SSSR count). The Morgan fingerprint density at radius 1 is 0.821 bits per heavy atom. The van der Waals surface area contributed by atoms with Crippen LogP contribution in [-0.2, 0) is 30.4 Å². The summed E-state index contributed by atoms with van der Waals surface area (Å²) in [5.74, 6) is -1.53. The quantitative estimate of drug-likeness (QED) is 0.182. The van der Waals surface area contributed by atoms with Crippen molar-refractivity contribution >= 4 is 22.1 Å². The molecule has 0 aromatic heterocycles. The van der Waals surface area contributed by atoms with E-state index in [1.54, 1.807) is 26.0 Å². The molecule has 0 aliphatic heterocycles. The third-order valence-corrected chi connectivity index (χ3v) is 6.68. The van der Waals surface area contributed by atoms with Gasteiger partial charge in [0.1, 0.15) is 11.5 Å². The minimum atomic E-state index is -5.83. The number of ether oxygens (including phenoxy) is 2. The standard InChI is InChI=1S/C14H15F3O5S.C13H16O3/c1-5-13(2,3)10-8-9(12(18)21-4)6-7-11(10)22-23(19,20)14(15,16)17;1-5-13(2,3)10-8-9(12(15)16-4)6-7-11(10)14/h5-8H,1H2,2-4H3;5-8,14H,1H2,2-4H3. The number of aromatic hydroxyl groups is 1. The monoisotopic (exact) mass is 572 g/mol. The molecule has 0 bridgehead atoms. The number of halogens is 3. The summed E-state index contributed by atoms with van der Waals surface area (Å²) in [4.78, 5) is 22.9. The van der Waals surface area contributed by atoms with Gasteiger partial charge in [0.25, 0.3) is 0 Å². The highest BCUT2D eigenvalue weighted by molar-refractivity contribution is 7.88. The lowest BCUT2D eigenvalue weighted by Gasteiger charge is -2.24. The van der Waals surface area contributed by atoms with Crippen LogP contribution in [0, 0.1) is 0 Å². The molecule has 0 radical (unpaired) electrons. The Kier molecular flexibility index (Phi) is 10.5. The molecule has 2 aromatic rings. The third kappa shape index (κ3) is 8.09. The predicted octanol–water partition coefficient (Wildman–Crippen LogP) is 5.81. The maximum atomic E-state index is 12.5. The Balaban J connectivity index is 0.000000416. The molecule has 214 valence electrons. The van der Waals surface area contributed by atoms with Gasteiger partial charge < -0.3 is 18.8 Å². The third-order valence-electron chi connectivity index (χ3n) is 5.71. The van der Waals surface area contributed by atoms with Crippen molar-refractivity contribution in [3.05, 3.63) is 84.0 Å². The van der Waals surface area contributed by atoms with Crippen molar-refractivity contribution in [2.75, 3.05) is 14.2 Å². The maximum Gasteiger partial charge on any atom is 0.534 e. The summed E-state index contributed by atoms with van der Waals surface area (Å²) in [6, 6.07) is 7.93. The van der Waals surface area contributed by atoms with Crippen LogP contribution in [0.4, 0.5) is 13.2 Å². The molecule has 0 saturated heterocycles. The van der Waals surface area contributed by atoms with Crippen molar-refractivity contribution in [2.45, 2.75) is 44.0 Å². The molecule has 0 aliphatic carbocycles. The molecular weight excluding hydrogens is 541 g/mol. The normalized spacial score (nSPS) is 11.9. The fourth-order valence-corrected chi connectivity index (χ4v) is 3.51. The summed E-state index contributed by atoms with van der Waals surface area (Å²) in [5.41, 5.74) is -5.76. The number of phenolic OH excluding ortho intramolecular Hbond substituents is 1. The SMILES string of the molecule is C=CC(C)(C)c1cc(C(=O)OC)ccc1O.C=CC(C)(C)c1cc(C(=O)OC)ccc1OS(=O)(=O)C(F)(F)F. The van der Waals surface area contributed by atoms with Crippen LogP contribution >= 0.6 is 0 Å². The number of rotatable bonds is 8. The van der Waals surface area contributed by atoms with Gasteiger partial charge in [-0.3, -0.25) is 0 Å². The zero-order valence-electron chi connectivity index (χ0n) is 22.4. The molecule has 0 amide bonds. The second-order valence-electron chi connectivity index (χ2n) is 9.26. The van der Waals surface area contributed by atoms with Gasteiger partial charge in [0.05, 0.1) is 25.3 Å². The van der Waals surface area contributed by atoms with E-state index in [0.29, 0.717) is 11.1 Å². The number of carbonyl (C=O) groups excluding carboxylic acids is 2. The number of methoxy groups -OCH3 is 2. The van der Waals surface area contributed by atoms with Crippen molar-refractivity contribution in [1.29, 1.82) is 0 Å². The smallest absolute Gasteiger partial charge is 0.508 e. The van der Waals surface area contributed by atoms with Gasteiger partial charge in [0, 0.05) is 22.0 Å². The van der Waals surface area contributed by atoms with Crippen molar-refractivity contribution < 1.29 is 49.9 Å². The first-order valence-electron chi connectivity index (χ1n) is 11.2. The van der Waals surface area contributed by atoms with Crippen LogP contribution < -0.4 is 4.18 Å². The summed E-state index contributed by atoms with van der Waals surface area (Å²) < 4.78 is 73.2. The Bertz CT molecular complexity index is 1340. The van der Waals surface area contributed by atoms with Crippen LogP contribution in [0.1, 0.15) is 59.5 Å². The molecule has 39 heavy (non-hydrogen) atoms. The molecule has 0 atom stereocenters.